The number of nitrogens with zero attached hydrogens (tertiary/aromatic N) is 1. The van der Waals surface area contributed by atoms with E-state index in [9.17, 15) is 9.90 Å². The minimum atomic E-state index is 0.231. The molecule has 4 heteroatoms. The zero-order valence-corrected chi connectivity index (χ0v) is 11.9. The van der Waals surface area contributed by atoms with Crippen LogP contribution < -0.4 is 5.32 Å². The number of carbonyl (C=O) groups excluding carboxylic acids is 1. The van der Waals surface area contributed by atoms with Crippen LogP contribution in [0.15, 0.2) is 12.1 Å². The van der Waals surface area contributed by atoms with E-state index in [4.69, 9.17) is 0 Å². The Morgan fingerprint density at radius 1 is 1.37 bits per heavy atom. The summed E-state index contributed by atoms with van der Waals surface area (Å²) in [4.78, 5) is 13.2. The van der Waals surface area contributed by atoms with Gasteiger partial charge in [-0.3, -0.25) is 4.79 Å². The van der Waals surface area contributed by atoms with E-state index in [1.54, 1.807) is 4.90 Å². The molecule has 1 aromatic rings. The number of benzene rings is 1. The van der Waals surface area contributed by atoms with Gasteiger partial charge in [-0.1, -0.05) is 12.1 Å². The lowest BCUT2D eigenvalue weighted by Gasteiger charge is -2.30. The van der Waals surface area contributed by atoms with E-state index in [0.29, 0.717) is 18.2 Å². The zero-order chi connectivity index (χ0) is 14.0. The first kappa shape index (κ1) is 13.9. The van der Waals surface area contributed by atoms with E-state index in [0.717, 1.165) is 30.6 Å². The summed E-state index contributed by atoms with van der Waals surface area (Å²) in [5.41, 5.74) is 2.99. The SMILES string of the molecule is Cc1cc(CNC2CCC(=O)N(C)C2)cc(C)c1O. The lowest BCUT2D eigenvalue weighted by molar-refractivity contribution is -0.132. The average Bonchev–Trinajstić information content (AvgIpc) is 2.37. The maximum absolute atomic E-state index is 11.4. The molecule has 0 aliphatic carbocycles. The highest BCUT2D eigenvalue weighted by atomic mass is 16.3. The smallest absolute Gasteiger partial charge is 0.222 e. The third-order valence-corrected chi connectivity index (χ3v) is 3.77. The van der Waals surface area contributed by atoms with Crippen LogP contribution in [0.3, 0.4) is 0 Å². The topological polar surface area (TPSA) is 52.6 Å². The third-order valence-electron chi connectivity index (χ3n) is 3.77. The Kier molecular flexibility index (Phi) is 4.10. The van der Waals surface area contributed by atoms with Crippen LogP contribution in [-0.2, 0) is 11.3 Å². The van der Waals surface area contributed by atoms with Crippen molar-refractivity contribution in [3.8, 4) is 5.75 Å². The second-order valence-electron chi connectivity index (χ2n) is 5.47. The summed E-state index contributed by atoms with van der Waals surface area (Å²) in [6.45, 7) is 5.38. The first-order chi connectivity index (χ1) is 8.97. The lowest BCUT2D eigenvalue weighted by atomic mass is 10.0. The molecule has 0 bridgehead atoms. The van der Waals surface area contributed by atoms with Crippen LogP contribution in [0.25, 0.3) is 0 Å². The molecule has 1 aliphatic heterocycles. The summed E-state index contributed by atoms with van der Waals surface area (Å²) in [6, 6.07) is 4.37. The molecule has 1 fully saturated rings. The van der Waals surface area contributed by atoms with Crippen LogP contribution in [0.4, 0.5) is 0 Å². The molecule has 0 spiro atoms. The van der Waals surface area contributed by atoms with Gasteiger partial charge < -0.3 is 15.3 Å². The van der Waals surface area contributed by atoms with Crippen LogP contribution in [0.2, 0.25) is 0 Å². The Balaban J connectivity index is 1.94. The minimum absolute atomic E-state index is 0.231. The Labute approximate surface area is 114 Å². The third kappa shape index (κ3) is 3.26. The van der Waals surface area contributed by atoms with Crippen molar-refractivity contribution in [1.82, 2.24) is 10.2 Å². The van der Waals surface area contributed by atoms with Gasteiger partial charge >= 0.3 is 0 Å². The first-order valence-corrected chi connectivity index (χ1v) is 6.74. The fourth-order valence-electron chi connectivity index (χ4n) is 2.59. The normalized spacial score (nSPS) is 19.8. The number of phenolic OH excluding ortho intramolecular Hbond substituents is 1. The number of amides is 1. The molecule has 19 heavy (non-hydrogen) atoms. The molecule has 1 unspecified atom stereocenters. The highest BCUT2D eigenvalue weighted by molar-refractivity contribution is 5.76. The Morgan fingerprint density at radius 3 is 2.58 bits per heavy atom. The van der Waals surface area contributed by atoms with Gasteiger partial charge in [0, 0.05) is 32.6 Å². The lowest BCUT2D eigenvalue weighted by Crippen LogP contribution is -2.46. The predicted molar refractivity (Wildman–Crippen MR) is 75.1 cm³/mol. The summed E-state index contributed by atoms with van der Waals surface area (Å²) in [6.07, 6.45) is 1.53. The fraction of sp³-hybridized carbons (Fsp3) is 0.533. The largest absolute Gasteiger partial charge is 0.507 e. The van der Waals surface area contributed by atoms with Crippen molar-refractivity contribution in [3.63, 3.8) is 0 Å². The van der Waals surface area contributed by atoms with Gasteiger partial charge in [-0.05, 0) is 37.0 Å². The predicted octanol–water partition coefficient (Wildman–Crippen LogP) is 1.72. The van der Waals surface area contributed by atoms with Crippen LogP contribution >= 0.6 is 0 Å². The van der Waals surface area contributed by atoms with Gasteiger partial charge in [0.15, 0.2) is 0 Å². The molecule has 0 radical (unpaired) electrons. The highest BCUT2D eigenvalue weighted by Crippen LogP contribution is 2.23. The monoisotopic (exact) mass is 262 g/mol. The highest BCUT2D eigenvalue weighted by Gasteiger charge is 2.22. The van der Waals surface area contributed by atoms with Gasteiger partial charge in [0.25, 0.3) is 0 Å². The van der Waals surface area contributed by atoms with E-state index in [-0.39, 0.29) is 5.91 Å². The minimum Gasteiger partial charge on any atom is -0.507 e. The van der Waals surface area contributed by atoms with Gasteiger partial charge in [-0.25, -0.2) is 0 Å². The van der Waals surface area contributed by atoms with Crippen molar-refractivity contribution in [3.05, 3.63) is 28.8 Å². The van der Waals surface area contributed by atoms with Gasteiger partial charge in [0.1, 0.15) is 5.75 Å². The van der Waals surface area contributed by atoms with Gasteiger partial charge in [0.05, 0.1) is 0 Å². The van der Waals surface area contributed by atoms with Gasteiger partial charge in [-0.2, -0.15) is 0 Å². The molecule has 1 heterocycles. The number of phenols is 1. The van der Waals surface area contributed by atoms with E-state index in [1.165, 1.54) is 5.56 Å². The molecule has 2 rings (SSSR count). The summed E-state index contributed by atoms with van der Waals surface area (Å²) >= 11 is 0. The van der Waals surface area contributed by atoms with Crippen molar-refractivity contribution in [2.45, 2.75) is 39.3 Å². The van der Waals surface area contributed by atoms with Crippen molar-refractivity contribution in [1.29, 1.82) is 0 Å². The number of piperidine rings is 1. The molecule has 1 amide bonds. The zero-order valence-electron chi connectivity index (χ0n) is 11.9. The second-order valence-corrected chi connectivity index (χ2v) is 5.47. The average molecular weight is 262 g/mol. The summed E-state index contributed by atoms with van der Waals surface area (Å²) in [5, 5.41) is 13.2. The number of aryl methyl sites for hydroxylation is 2. The second kappa shape index (κ2) is 5.61. The molecule has 1 aromatic carbocycles. The summed E-state index contributed by atoms with van der Waals surface area (Å²) in [7, 11) is 1.85. The number of nitrogens with one attached hydrogen (secondary N) is 1. The van der Waals surface area contributed by atoms with Crippen molar-refractivity contribution >= 4 is 5.91 Å². The molecule has 2 N–H and O–H groups in total. The summed E-state index contributed by atoms with van der Waals surface area (Å²) < 4.78 is 0. The van der Waals surface area contributed by atoms with Crippen molar-refractivity contribution in [2.24, 2.45) is 0 Å². The van der Waals surface area contributed by atoms with E-state index < -0.39 is 0 Å². The molecular weight excluding hydrogens is 240 g/mol. The molecule has 104 valence electrons. The molecule has 0 aromatic heterocycles. The molecule has 4 nitrogen and oxygen atoms in total. The molecule has 1 atom stereocenters. The molecule has 1 saturated heterocycles. The van der Waals surface area contributed by atoms with E-state index in [1.807, 2.05) is 33.0 Å². The van der Waals surface area contributed by atoms with E-state index >= 15 is 0 Å². The summed E-state index contributed by atoms with van der Waals surface area (Å²) in [5.74, 6) is 0.612. The Morgan fingerprint density at radius 2 is 2.00 bits per heavy atom. The number of hydrogen-bond donors (Lipinski definition) is 2. The number of hydrogen-bond acceptors (Lipinski definition) is 3. The molecular formula is C15H22N2O2. The molecule has 1 aliphatic rings. The quantitative estimate of drug-likeness (QED) is 0.872. The number of rotatable bonds is 3. The number of aromatic hydroxyl groups is 1. The van der Waals surface area contributed by atoms with Crippen LogP contribution in [0.1, 0.15) is 29.5 Å². The first-order valence-electron chi connectivity index (χ1n) is 6.74. The Bertz CT molecular complexity index is 462. The van der Waals surface area contributed by atoms with Crippen LogP contribution in [-0.4, -0.2) is 35.5 Å². The standard InChI is InChI=1S/C15H22N2O2/c1-10-6-12(7-11(2)15(10)19)8-16-13-4-5-14(18)17(3)9-13/h6-7,13,16,19H,4-5,8-9H2,1-3H3. The van der Waals surface area contributed by atoms with Crippen LogP contribution in [0.5, 0.6) is 5.75 Å². The van der Waals surface area contributed by atoms with E-state index in [2.05, 4.69) is 5.32 Å². The Hall–Kier alpha value is -1.55. The number of likely N-dealkylation sites (N-methyl/N-ethyl adjacent to an activating group) is 1. The van der Waals surface area contributed by atoms with Crippen LogP contribution in [0, 0.1) is 13.8 Å². The maximum Gasteiger partial charge on any atom is 0.222 e. The van der Waals surface area contributed by atoms with Gasteiger partial charge in [-0.15, -0.1) is 0 Å². The maximum atomic E-state index is 11.4. The fourth-order valence-corrected chi connectivity index (χ4v) is 2.59. The molecule has 0 saturated carbocycles. The van der Waals surface area contributed by atoms with Crippen molar-refractivity contribution in [2.75, 3.05) is 13.6 Å². The number of carbonyl (C=O) groups is 1. The van der Waals surface area contributed by atoms with Gasteiger partial charge in [0.2, 0.25) is 5.91 Å². The number of likely N-dealkylation sites (tertiary alicyclic amines) is 1. The van der Waals surface area contributed by atoms with Crippen molar-refractivity contribution < 1.29 is 9.90 Å².